The molecule has 2 rings (SSSR count). The summed E-state index contributed by atoms with van der Waals surface area (Å²) in [7, 11) is 0. The fourth-order valence-corrected chi connectivity index (χ4v) is 3.13. The summed E-state index contributed by atoms with van der Waals surface area (Å²) in [5, 5.41) is 16.2. The number of aromatic nitrogens is 1. The van der Waals surface area contributed by atoms with Crippen molar-refractivity contribution in [2.75, 3.05) is 6.26 Å². The van der Waals surface area contributed by atoms with Crippen molar-refractivity contribution in [1.82, 2.24) is 10.5 Å². The van der Waals surface area contributed by atoms with E-state index >= 15 is 0 Å². The van der Waals surface area contributed by atoms with Crippen molar-refractivity contribution in [2.45, 2.75) is 37.1 Å². The maximum absolute atomic E-state index is 10.6. The van der Waals surface area contributed by atoms with Crippen molar-refractivity contribution in [3.8, 4) is 0 Å². The van der Waals surface area contributed by atoms with E-state index < -0.39 is 5.97 Å². The lowest BCUT2D eigenvalue weighted by atomic mass is 10.2. The fourth-order valence-electron chi connectivity index (χ4n) is 2.17. The van der Waals surface area contributed by atoms with Gasteiger partial charge in [0.2, 0.25) is 0 Å². The largest absolute Gasteiger partial charge is 0.476 e. The zero-order valence-electron chi connectivity index (χ0n) is 9.68. The number of aromatic carboxylic acids is 1. The predicted molar refractivity (Wildman–Crippen MR) is 65.2 cm³/mol. The highest BCUT2D eigenvalue weighted by Gasteiger charge is 2.26. The van der Waals surface area contributed by atoms with E-state index in [1.165, 1.54) is 25.3 Å². The molecule has 0 aromatic carbocycles. The zero-order valence-corrected chi connectivity index (χ0v) is 10.5. The Labute approximate surface area is 104 Å². The SMILES string of the molecule is CSC1CCCC1NCc1cc(C(=O)O)no1. The van der Waals surface area contributed by atoms with Crippen molar-refractivity contribution in [3.05, 3.63) is 17.5 Å². The van der Waals surface area contributed by atoms with Crippen LogP contribution in [0, 0.1) is 0 Å². The molecule has 0 aliphatic heterocycles. The van der Waals surface area contributed by atoms with Crippen molar-refractivity contribution in [2.24, 2.45) is 0 Å². The standard InChI is InChI=1S/C11H16N2O3S/c1-17-10-4-2-3-8(10)12-6-7-5-9(11(14)15)13-16-7/h5,8,10,12H,2-4,6H2,1H3,(H,14,15). The Balaban J connectivity index is 1.86. The molecule has 2 N–H and O–H groups in total. The predicted octanol–water partition coefficient (Wildman–Crippen LogP) is 1.75. The molecule has 0 radical (unpaired) electrons. The first-order chi connectivity index (χ1) is 8.20. The third-order valence-electron chi connectivity index (χ3n) is 3.07. The molecule has 94 valence electrons. The fraction of sp³-hybridized carbons (Fsp3) is 0.636. The van der Waals surface area contributed by atoms with Gasteiger partial charge in [-0.25, -0.2) is 4.79 Å². The van der Waals surface area contributed by atoms with Gasteiger partial charge in [0.25, 0.3) is 0 Å². The van der Waals surface area contributed by atoms with Crippen LogP contribution in [0.3, 0.4) is 0 Å². The number of hydrogen-bond acceptors (Lipinski definition) is 5. The number of thioether (sulfide) groups is 1. The van der Waals surface area contributed by atoms with Gasteiger partial charge in [-0.15, -0.1) is 0 Å². The lowest BCUT2D eigenvalue weighted by molar-refractivity contribution is 0.0685. The maximum atomic E-state index is 10.6. The van der Waals surface area contributed by atoms with E-state index in [0.717, 1.165) is 0 Å². The number of hydrogen-bond donors (Lipinski definition) is 2. The smallest absolute Gasteiger partial charge is 0.358 e. The molecule has 2 atom stereocenters. The first-order valence-electron chi connectivity index (χ1n) is 5.65. The second kappa shape index (κ2) is 5.55. The highest BCUT2D eigenvalue weighted by atomic mass is 32.2. The summed E-state index contributed by atoms with van der Waals surface area (Å²) in [5.74, 6) is -0.475. The Morgan fingerprint density at radius 3 is 3.18 bits per heavy atom. The van der Waals surface area contributed by atoms with Crippen LogP contribution in [0.25, 0.3) is 0 Å². The summed E-state index contributed by atoms with van der Waals surface area (Å²) in [5.41, 5.74) is -0.0327. The Hall–Kier alpha value is -1.01. The van der Waals surface area contributed by atoms with Crippen molar-refractivity contribution in [3.63, 3.8) is 0 Å². The molecule has 5 nitrogen and oxygen atoms in total. The van der Waals surface area contributed by atoms with Crippen LogP contribution in [0.2, 0.25) is 0 Å². The highest BCUT2D eigenvalue weighted by Crippen LogP contribution is 2.28. The molecule has 17 heavy (non-hydrogen) atoms. The van der Waals surface area contributed by atoms with Gasteiger partial charge in [0.1, 0.15) is 0 Å². The van der Waals surface area contributed by atoms with Crippen LogP contribution >= 0.6 is 11.8 Å². The van der Waals surface area contributed by atoms with Crippen molar-refractivity contribution < 1.29 is 14.4 Å². The Bertz CT molecular complexity index is 394. The second-order valence-electron chi connectivity index (χ2n) is 4.18. The molecule has 2 unspecified atom stereocenters. The van der Waals surface area contributed by atoms with Gasteiger partial charge in [0.15, 0.2) is 11.5 Å². The van der Waals surface area contributed by atoms with Gasteiger partial charge in [0.05, 0.1) is 6.54 Å². The van der Waals surface area contributed by atoms with Crippen molar-refractivity contribution in [1.29, 1.82) is 0 Å². The van der Waals surface area contributed by atoms with E-state index in [4.69, 9.17) is 9.63 Å². The Kier molecular flexibility index (Phi) is 4.06. The van der Waals surface area contributed by atoms with E-state index in [-0.39, 0.29) is 5.69 Å². The number of rotatable bonds is 5. The van der Waals surface area contributed by atoms with Crippen LogP contribution in [-0.4, -0.2) is 33.8 Å². The van der Waals surface area contributed by atoms with E-state index in [0.29, 0.717) is 23.6 Å². The topological polar surface area (TPSA) is 75.4 Å². The summed E-state index contributed by atoms with van der Waals surface area (Å²) in [6.45, 7) is 0.544. The lowest BCUT2D eigenvalue weighted by Gasteiger charge is -2.18. The highest BCUT2D eigenvalue weighted by molar-refractivity contribution is 7.99. The van der Waals surface area contributed by atoms with Gasteiger partial charge in [0, 0.05) is 17.4 Å². The van der Waals surface area contributed by atoms with Gasteiger partial charge in [-0.05, 0) is 19.1 Å². The lowest BCUT2D eigenvalue weighted by Crippen LogP contribution is -2.33. The minimum atomic E-state index is -1.05. The van der Waals surface area contributed by atoms with E-state index in [2.05, 4.69) is 16.7 Å². The number of carboxylic acid groups (broad SMARTS) is 1. The molecule has 1 heterocycles. The average molecular weight is 256 g/mol. The second-order valence-corrected chi connectivity index (χ2v) is 5.25. The van der Waals surface area contributed by atoms with Gasteiger partial charge in [-0.2, -0.15) is 11.8 Å². The van der Waals surface area contributed by atoms with Gasteiger partial charge < -0.3 is 14.9 Å². The first-order valence-corrected chi connectivity index (χ1v) is 6.94. The molecule has 1 fully saturated rings. The van der Waals surface area contributed by atoms with Crippen LogP contribution in [0.5, 0.6) is 0 Å². The molecular formula is C11H16N2O3S. The first kappa shape index (κ1) is 12.4. The monoisotopic (exact) mass is 256 g/mol. The molecule has 0 saturated heterocycles. The summed E-state index contributed by atoms with van der Waals surface area (Å²) in [6, 6.07) is 1.96. The number of nitrogens with zero attached hydrogens (tertiary/aromatic N) is 1. The zero-order chi connectivity index (χ0) is 12.3. The molecule has 6 heteroatoms. The summed E-state index contributed by atoms with van der Waals surface area (Å²) < 4.78 is 4.95. The summed E-state index contributed by atoms with van der Waals surface area (Å²) in [6.07, 6.45) is 5.79. The number of carbonyl (C=O) groups is 1. The number of nitrogens with one attached hydrogen (secondary N) is 1. The van der Waals surface area contributed by atoms with E-state index in [1.54, 1.807) is 0 Å². The van der Waals surface area contributed by atoms with Crippen LogP contribution in [0.15, 0.2) is 10.6 Å². The third-order valence-corrected chi connectivity index (χ3v) is 4.24. The normalized spacial score (nSPS) is 24.1. The molecular weight excluding hydrogens is 240 g/mol. The Morgan fingerprint density at radius 1 is 1.71 bits per heavy atom. The van der Waals surface area contributed by atoms with Crippen LogP contribution in [-0.2, 0) is 6.54 Å². The quantitative estimate of drug-likeness (QED) is 0.836. The molecule has 1 aromatic rings. The number of carboxylic acids is 1. The molecule has 1 aliphatic rings. The van der Waals surface area contributed by atoms with Crippen LogP contribution < -0.4 is 5.32 Å². The maximum Gasteiger partial charge on any atom is 0.358 e. The molecule has 1 saturated carbocycles. The van der Waals surface area contributed by atoms with Crippen LogP contribution in [0.4, 0.5) is 0 Å². The summed E-state index contributed by atoms with van der Waals surface area (Å²) in [4.78, 5) is 10.6. The minimum absolute atomic E-state index is 0.0327. The van der Waals surface area contributed by atoms with Crippen LogP contribution in [0.1, 0.15) is 35.5 Å². The Morgan fingerprint density at radius 2 is 2.53 bits per heavy atom. The average Bonchev–Trinajstić information content (AvgIpc) is 2.95. The molecule has 1 aliphatic carbocycles. The van der Waals surface area contributed by atoms with Gasteiger partial charge in [-0.1, -0.05) is 11.6 Å². The van der Waals surface area contributed by atoms with Gasteiger partial charge in [-0.3, -0.25) is 0 Å². The third kappa shape index (κ3) is 3.01. The van der Waals surface area contributed by atoms with Crippen molar-refractivity contribution >= 4 is 17.7 Å². The molecule has 0 spiro atoms. The molecule has 1 aromatic heterocycles. The van der Waals surface area contributed by atoms with E-state index in [1.807, 2.05) is 11.8 Å². The molecule has 0 amide bonds. The summed E-state index contributed by atoms with van der Waals surface area (Å²) >= 11 is 1.88. The minimum Gasteiger partial charge on any atom is -0.476 e. The molecule has 0 bridgehead atoms. The van der Waals surface area contributed by atoms with Gasteiger partial charge >= 0.3 is 5.97 Å². The van der Waals surface area contributed by atoms with E-state index in [9.17, 15) is 4.79 Å².